The number of allylic oxidation sites excluding steroid dienone is 2. The Labute approximate surface area is 95.2 Å². The maximum atomic E-state index is 11.8. The summed E-state index contributed by atoms with van der Waals surface area (Å²) in [6, 6.07) is 0. The minimum atomic E-state index is -0.801. The Kier molecular flexibility index (Phi) is 2.95. The first-order valence-corrected chi connectivity index (χ1v) is 5.82. The van der Waals surface area contributed by atoms with Gasteiger partial charge < -0.3 is 4.74 Å². The van der Waals surface area contributed by atoms with Gasteiger partial charge in [-0.15, -0.1) is 0 Å². The summed E-state index contributed by atoms with van der Waals surface area (Å²) in [6.45, 7) is 2.08. The molecule has 0 saturated carbocycles. The third-order valence-electron chi connectivity index (χ3n) is 3.27. The fourth-order valence-corrected chi connectivity index (χ4v) is 2.36. The molecule has 0 bridgehead atoms. The van der Waals surface area contributed by atoms with E-state index >= 15 is 0 Å². The molecule has 2 unspecified atom stereocenters. The molecule has 2 atom stereocenters. The lowest BCUT2D eigenvalue weighted by molar-refractivity contribution is -0.154. The van der Waals surface area contributed by atoms with E-state index in [0.717, 1.165) is 19.3 Å². The lowest BCUT2D eigenvalue weighted by Gasteiger charge is -2.25. The van der Waals surface area contributed by atoms with Crippen LogP contribution in [0.25, 0.3) is 0 Å². The van der Waals surface area contributed by atoms with E-state index in [4.69, 9.17) is 4.74 Å². The highest BCUT2D eigenvalue weighted by atomic mass is 16.6. The van der Waals surface area contributed by atoms with E-state index in [1.807, 2.05) is 24.3 Å². The molecule has 1 fully saturated rings. The lowest BCUT2D eigenvalue weighted by Crippen LogP contribution is -2.31. The Balaban J connectivity index is 2.32. The van der Waals surface area contributed by atoms with E-state index in [-0.39, 0.29) is 11.9 Å². The summed E-state index contributed by atoms with van der Waals surface area (Å²) >= 11 is 0. The van der Waals surface area contributed by atoms with Gasteiger partial charge in [-0.1, -0.05) is 37.6 Å². The van der Waals surface area contributed by atoms with E-state index in [2.05, 4.69) is 6.92 Å². The highest BCUT2D eigenvalue weighted by Gasteiger charge is 2.55. The minimum Gasteiger partial charge on any atom is -0.392 e. The number of carbonyl (C=O) groups excluding carboxylic acids is 2. The predicted molar refractivity (Wildman–Crippen MR) is 59.4 cm³/mol. The molecule has 2 rings (SSSR count). The Morgan fingerprint density at radius 1 is 1.56 bits per heavy atom. The number of carbonyl (C=O) groups is 2. The normalized spacial score (nSPS) is 33.2. The van der Waals surface area contributed by atoms with E-state index in [9.17, 15) is 9.59 Å². The van der Waals surface area contributed by atoms with Crippen LogP contribution in [0, 0.1) is 11.3 Å². The second-order valence-electron chi connectivity index (χ2n) is 4.36. The van der Waals surface area contributed by atoms with Gasteiger partial charge in [0.05, 0.1) is 5.92 Å². The van der Waals surface area contributed by atoms with Crippen LogP contribution in [-0.2, 0) is 14.3 Å². The number of esters is 2. The van der Waals surface area contributed by atoms with Crippen molar-refractivity contribution < 1.29 is 14.3 Å². The number of fused-ring (bicyclic) bond motifs is 1. The predicted octanol–water partition coefficient (Wildman–Crippen LogP) is 2.38. The van der Waals surface area contributed by atoms with Gasteiger partial charge in [0.25, 0.3) is 0 Å². The van der Waals surface area contributed by atoms with Gasteiger partial charge in [0.2, 0.25) is 0 Å². The highest BCUT2D eigenvalue weighted by Crippen LogP contribution is 2.44. The lowest BCUT2D eigenvalue weighted by atomic mass is 9.71. The molecule has 0 spiro atoms. The maximum Gasteiger partial charge on any atom is 0.328 e. The summed E-state index contributed by atoms with van der Waals surface area (Å²) in [4.78, 5) is 23.3. The standard InChI is InChI=1S/C13H16O3/c1-2-3-5-8-13-9-6-4-7-10(13)11(14)16-12(13)15/h5-6,8-10H,2-4,7H2,1H3. The van der Waals surface area contributed by atoms with Gasteiger partial charge in [-0.3, -0.25) is 9.59 Å². The summed E-state index contributed by atoms with van der Waals surface area (Å²) in [5.74, 6) is -1.08. The summed E-state index contributed by atoms with van der Waals surface area (Å²) in [7, 11) is 0. The van der Waals surface area contributed by atoms with Crippen LogP contribution < -0.4 is 0 Å². The molecular weight excluding hydrogens is 204 g/mol. The Bertz CT molecular complexity index is 367. The van der Waals surface area contributed by atoms with Crippen molar-refractivity contribution in [2.45, 2.75) is 32.6 Å². The van der Waals surface area contributed by atoms with Crippen LogP contribution in [0.2, 0.25) is 0 Å². The van der Waals surface area contributed by atoms with Gasteiger partial charge in [-0.2, -0.15) is 0 Å². The molecule has 0 radical (unpaired) electrons. The zero-order chi connectivity index (χ0) is 11.6. The van der Waals surface area contributed by atoms with Crippen LogP contribution in [0.5, 0.6) is 0 Å². The molecule has 1 saturated heterocycles. The first-order chi connectivity index (χ1) is 7.70. The molecule has 3 nitrogen and oxygen atoms in total. The summed E-state index contributed by atoms with van der Waals surface area (Å²) in [5, 5.41) is 0. The van der Waals surface area contributed by atoms with Crippen LogP contribution in [-0.4, -0.2) is 11.9 Å². The Hall–Kier alpha value is -1.38. The number of hydrogen-bond donors (Lipinski definition) is 0. The molecule has 0 aromatic carbocycles. The quantitative estimate of drug-likeness (QED) is 0.416. The molecule has 16 heavy (non-hydrogen) atoms. The fraction of sp³-hybridized carbons (Fsp3) is 0.538. The average Bonchev–Trinajstić information content (AvgIpc) is 2.53. The van der Waals surface area contributed by atoms with E-state index in [1.54, 1.807) is 0 Å². The molecule has 86 valence electrons. The van der Waals surface area contributed by atoms with Crippen molar-refractivity contribution in [1.82, 2.24) is 0 Å². The molecule has 0 aromatic rings. The second-order valence-corrected chi connectivity index (χ2v) is 4.36. The van der Waals surface area contributed by atoms with Crippen LogP contribution >= 0.6 is 0 Å². The third-order valence-corrected chi connectivity index (χ3v) is 3.27. The maximum absolute atomic E-state index is 11.8. The van der Waals surface area contributed by atoms with Crippen molar-refractivity contribution in [2.24, 2.45) is 11.3 Å². The molecule has 3 heteroatoms. The van der Waals surface area contributed by atoms with Gasteiger partial charge in [0, 0.05) is 0 Å². The van der Waals surface area contributed by atoms with Crippen molar-refractivity contribution >= 4 is 11.9 Å². The van der Waals surface area contributed by atoms with Crippen LogP contribution in [0.1, 0.15) is 32.6 Å². The zero-order valence-corrected chi connectivity index (χ0v) is 9.44. The molecule has 0 aromatic heterocycles. The number of rotatable bonds is 3. The van der Waals surface area contributed by atoms with Crippen LogP contribution in [0.4, 0.5) is 0 Å². The van der Waals surface area contributed by atoms with Crippen molar-refractivity contribution in [3.8, 4) is 0 Å². The zero-order valence-electron chi connectivity index (χ0n) is 9.44. The van der Waals surface area contributed by atoms with E-state index in [0.29, 0.717) is 6.42 Å². The van der Waals surface area contributed by atoms with Gasteiger partial charge in [-0.05, 0) is 19.3 Å². The molecular formula is C13H16O3. The van der Waals surface area contributed by atoms with Gasteiger partial charge in [-0.25, -0.2) is 0 Å². The monoisotopic (exact) mass is 220 g/mol. The minimum absolute atomic E-state index is 0.307. The van der Waals surface area contributed by atoms with Crippen LogP contribution in [0.15, 0.2) is 24.3 Å². The first-order valence-electron chi connectivity index (χ1n) is 5.82. The van der Waals surface area contributed by atoms with Crippen LogP contribution in [0.3, 0.4) is 0 Å². The van der Waals surface area contributed by atoms with Crippen molar-refractivity contribution in [2.75, 3.05) is 0 Å². The number of ether oxygens (including phenoxy) is 1. The van der Waals surface area contributed by atoms with Gasteiger partial charge in [0.1, 0.15) is 5.41 Å². The van der Waals surface area contributed by atoms with Gasteiger partial charge >= 0.3 is 11.9 Å². The summed E-state index contributed by atoms with van der Waals surface area (Å²) < 4.78 is 4.76. The largest absolute Gasteiger partial charge is 0.392 e. The fourth-order valence-electron chi connectivity index (χ4n) is 2.36. The number of unbranched alkanes of at least 4 members (excludes halogenated alkanes) is 1. The third kappa shape index (κ3) is 1.60. The smallest absolute Gasteiger partial charge is 0.328 e. The second kappa shape index (κ2) is 4.24. The molecule has 1 aliphatic carbocycles. The number of cyclic esters (lactones) is 2. The SMILES string of the molecule is CCCC=CC12C=CCCC1C(=O)OC2=O. The van der Waals surface area contributed by atoms with E-state index in [1.165, 1.54) is 0 Å². The molecule has 2 aliphatic rings. The first kappa shape index (κ1) is 11.1. The topological polar surface area (TPSA) is 43.4 Å². The molecule has 1 heterocycles. The molecule has 1 aliphatic heterocycles. The van der Waals surface area contributed by atoms with Crippen molar-refractivity contribution in [3.63, 3.8) is 0 Å². The number of hydrogen-bond acceptors (Lipinski definition) is 3. The molecule has 0 amide bonds. The summed E-state index contributed by atoms with van der Waals surface area (Å²) in [5.41, 5.74) is -0.801. The van der Waals surface area contributed by atoms with Crippen molar-refractivity contribution in [3.05, 3.63) is 24.3 Å². The molecule has 0 N–H and O–H groups in total. The van der Waals surface area contributed by atoms with Gasteiger partial charge in [0.15, 0.2) is 0 Å². The summed E-state index contributed by atoms with van der Waals surface area (Å²) in [6.07, 6.45) is 11.1. The Morgan fingerprint density at radius 2 is 2.38 bits per heavy atom. The Morgan fingerprint density at radius 3 is 3.12 bits per heavy atom. The highest BCUT2D eigenvalue weighted by molar-refractivity contribution is 6.02. The van der Waals surface area contributed by atoms with E-state index < -0.39 is 11.4 Å². The average molecular weight is 220 g/mol. The van der Waals surface area contributed by atoms with Crippen molar-refractivity contribution in [1.29, 1.82) is 0 Å².